The number of likely N-dealkylation sites (tertiary alicyclic amines) is 1. The van der Waals surface area contributed by atoms with Crippen LogP contribution in [0.2, 0.25) is 0 Å². The van der Waals surface area contributed by atoms with Crippen LogP contribution in [0.3, 0.4) is 0 Å². The minimum atomic E-state index is -0.163. The summed E-state index contributed by atoms with van der Waals surface area (Å²) < 4.78 is 10.9. The van der Waals surface area contributed by atoms with Crippen LogP contribution in [0.5, 0.6) is 11.5 Å². The van der Waals surface area contributed by atoms with Crippen molar-refractivity contribution in [1.29, 1.82) is 0 Å². The van der Waals surface area contributed by atoms with Gasteiger partial charge in [-0.05, 0) is 56.2 Å². The molecule has 1 saturated heterocycles. The quantitative estimate of drug-likeness (QED) is 0.683. The highest BCUT2D eigenvalue weighted by Crippen LogP contribution is 2.19. The van der Waals surface area contributed by atoms with Gasteiger partial charge in [0.2, 0.25) is 0 Å². The van der Waals surface area contributed by atoms with Crippen molar-refractivity contribution in [3.63, 3.8) is 0 Å². The van der Waals surface area contributed by atoms with Crippen LogP contribution in [0.4, 0.5) is 0 Å². The van der Waals surface area contributed by atoms with E-state index in [0.717, 1.165) is 18.6 Å². The first-order valence-corrected chi connectivity index (χ1v) is 10.2. The lowest BCUT2D eigenvalue weighted by Gasteiger charge is -2.32. The van der Waals surface area contributed by atoms with E-state index in [1.807, 2.05) is 42.2 Å². The predicted molar refractivity (Wildman–Crippen MR) is 114 cm³/mol. The average molecular weight is 415 g/mol. The van der Waals surface area contributed by atoms with E-state index in [4.69, 9.17) is 9.47 Å². The number of hydrogen-bond donors (Lipinski definition) is 2. The second kappa shape index (κ2) is 10.2. The van der Waals surface area contributed by atoms with Crippen molar-refractivity contribution in [2.45, 2.75) is 30.7 Å². The lowest BCUT2D eigenvalue weighted by Crippen LogP contribution is -2.47. The number of thiol groups is 1. The lowest BCUT2D eigenvalue weighted by molar-refractivity contribution is -0.124. The maximum absolute atomic E-state index is 12.6. The Hall–Kier alpha value is -2.67. The Morgan fingerprint density at radius 2 is 1.66 bits per heavy atom. The Balaban J connectivity index is 1.41. The second-order valence-electron chi connectivity index (χ2n) is 6.84. The summed E-state index contributed by atoms with van der Waals surface area (Å²) in [6.45, 7) is 3.69. The third kappa shape index (κ3) is 5.90. The van der Waals surface area contributed by atoms with Crippen LogP contribution in [0.1, 0.15) is 30.1 Å². The number of amides is 2. The minimum absolute atomic E-state index is 0.0146. The highest BCUT2D eigenvalue weighted by atomic mass is 32.1. The summed E-state index contributed by atoms with van der Waals surface area (Å²) in [6.07, 6.45) is 1.44. The number of rotatable bonds is 7. The van der Waals surface area contributed by atoms with Crippen LogP contribution in [-0.2, 0) is 4.79 Å². The second-order valence-corrected chi connectivity index (χ2v) is 7.33. The monoisotopic (exact) mass is 414 g/mol. The first-order chi connectivity index (χ1) is 14.1. The molecule has 1 aliphatic rings. The van der Waals surface area contributed by atoms with Crippen LogP contribution in [0.25, 0.3) is 0 Å². The summed E-state index contributed by atoms with van der Waals surface area (Å²) in [7, 11) is 0. The van der Waals surface area contributed by atoms with Crippen molar-refractivity contribution >= 4 is 24.4 Å². The predicted octanol–water partition coefficient (Wildman–Crippen LogP) is 3.17. The van der Waals surface area contributed by atoms with Gasteiger partial charge in [-0.3, -0.25) is 9.59 Å². The molecule has 0 saturated carbocycles. The molecule has 0 atom stereocenters. The summed E-state index contributed by atoms with van der Waals surface area (Å²) >= 11 is 4.36. The maximum atomic E-state index is 12.6. The van der Waals surface area contributed by atoms with Gasteiger partial charge in [-0.2, -0.15) is 0 Å². The van der Waals surface area contributed by atoms with Gasteiger partial charge in [-0.1, -0.05) is 12.1 Å². The van der Waals surface area contributed by atoms with Gasteiger partial charge in [0, 0.05) is 24.0 Å². The zero-order valence-corrected chi connectivity index (χ0v) is 17.4. The number of piperidine rings is 1. The van der Waals surface area contributed by atoms with Gasteiger partial charge in [0.1, 0.15) is 11.5 Å². The Morgan fingerprint density at radius 1 is 1.03 bits per heavy atom. The number of carbonyl (C=O) groups excluding carboxylic acids is 2. The van der Waals surface area contributed by atoms with Gasteiger partial charge in [0.15, 0.2) is 6.61 Å². The van der Waals surface area contributed by atoms with Gasteiger partial charge < -0.3 is 19.7 Å². The number of nitrogens with one attached hydrogen (secondary N) is 1. The smallest absolute Gasteiger partial charge is 0.258 e. The Morgan fingerprint density at radius 3 is 2.28 bits per heavy atom. The first-order valence-electron chi connectivity index (χ1n) is 9.79. The van der Waals surface area contributed by atoms with E-state index in [1.54, 1.807) is 18.2 Å². The molecule has 0 spiro atoms. The molecule has 2 aromatic carbocycles. The summed E-state index contributed by atoms with van der Waals surface area (Å²) in [6, 6.07) is 14.5. The Kier molecular flexibility index (Phi) is 7.41. The number of carbonyl (C=O) groups is 2. The number of ether oxygens (including phenoxy) is 2. The summed E-state index contributed by atoms with van der Waals surface area (Å²) in [5.74, 6) is 1.21. The average Bonchev–Trinajstić information content (AvgIpc) is 2.74. The molecule has 1 heterocycles. The van der Waals surface area contributed by atoms with Crippen molar-refractivity contribution in [2.75, 3.05) is 26.3 Å². The molecule has 29 heavy (non-hydrogen) atoms. The van der Waals surface area contributed by atoms with Crippen molar-refractivity contribution in [3.8, 4) is 11.5 Å². The zero-order valence-electron chi connectivity index (χ0n) is 16.5. The van der Waals surface area contributed by atoms with Crippen molar-refractivity contribution in [3.05, 3.63) is 54.1 Å². The van der Waals surface area contributed by atoms with Crippen molar-refractivity contribution in [1.82, 2.24) is 10.2 Å². The normalized spacial score (nSPS) is 14.3. The highest BCUT2D eigenvalue weighted by molar-refractivity contribution is 7.80. The van der Waals surface area contributed by atoms with Gasteiger partial charge in [-0.25, -0.2) is 0 Å². The zero-order chi connectivity index (χ0) is 20.6. The maximum Gasteiger partial charge on any atom is 0.258 e. The summed E-state index contributed by atoms with van der Waals surface area (Å²) in [4.78, 5) is 27.3. The van der Waals surface area contributed by atoms with Crippen molar-refractivity contribution < 1.29 is 19.1 Å². The molecule has 2 amide bonds. The van der Waals surface area contributed by atoms with Gasteiger partial charge >= 0.3 is 0 Å². The largest absolute Gasteiger partial charge is 0.494 e. The van der Waals surface area contributed by atoms with Crippen LogP contribution in [-0.4, -0.2) is 49.1 Å². The molecule has 0 radical (unpaired) electrons. The molecule has 0 bridgehead atoms. The first kappa shape index (κ1) is 21.0. The third-order valence-corrected chi connectivity index (χ3v) is 5.18. The SMILES string of the molecule is CCOc1ccc(OCC(=O)NC2CCN(C(=O)c3ccccc3S)CC2)cc1. The minimum Gasteiger partial charge on any atom is -0.494 e. The molecule has 7 heteroatoms. The molecule has 6 nitrogen and oxygen atoms in total. The molecule has 1 N–H and O–H groups in total. The molecule has 3 rings (SSSR count). The van der Waals surface area contributed by atoms with E-state index < -0.39 is 0 Å². The van der Waals surface area contributed by atoms with E-state index >= 15 is 0 Å². The van der Waals surface area contributed by atoms with E-state index in [1.165, 1.54) is 0 Å². The van der Waals surface area contributed by atoms with Crippen LogP contribution >= 0.6 is 12.6 Å². The molecule has 1 fully saturated rings. The number of benzene rings is 2. The topological polar surface area (TPSA) is 67.9 Å². The summed E-state index contributed by atoms with van der Waals surface area (Å²) in [5, 5.41) is 2.99. The molecular weight excluding hydrogens is 388 g/mol. The molecule has 1 aliphatic heterocycles. The molecular formula is C22H26N2O4S. The Bertz CT molecular complexity index is 833. The van der Waals surface area contributed by atoms with E-state index in [0.29, 0.717) is 35.9 Å². The van der Waals surface area contributed by atoms with Crippen molar-refractivity contribution in [2.24, 2.45) is 0 Å². The fourth-order valence-electron chi connectivity index (χ4n) is 3.27. The molecule has 2 aromatic rings. The Labute approximate surface area is 176 Å². The third-order valence-electron chi connectivity index (χ3n) is 4.79. The molecule has 0 aromatic heterocycles. The van der Waals surface area contributed by atoms with Gasteiger partial charge in [0.05, 0.1) is 12.2 Å². The fourth-order valence-corrected chi connectivity index (χ4v) is 3.52. The highest BCUT2D eigenvalue weighted by Gasteiger charge is 2.25. The van der Waals surface area contributed by atoms with Crippen LogP contribution in [0.15, 0.2) is 53.4 Å². The van der Waals surface area contributed by atoms with Gasteiger partial charge in [0.25, 0.3) is 11.8 Å². The standard InChI is InChI=1S/C22H26N2O4S/c1-2-27-17-7-9-18(10-8-17)28-15-21(25)23-16-11-13-24(14-12-16)22(26)19-5-3-4-6-20(19)29/h3-10,16,29H,2,11-15H2,1H3,(H,23,25). The molecule has 0 unspecified atom stereocenters. The lowest BCUT2D eigenvalue weighted by atomic mass is 10.0. The van der Waals surface area contributed by atoms with E-state index in [2.05, 4.69) is 17.9 Å². The fraction of sp³-hybridized carbons (Fsp3) is 0.364. The molecule has 154 valence electrons. The van der Waals surface area contributed by atoms with Crippen LogP contribution in [0, 0.1) is 0 Å². The van der Waals surface area contributed by atoms with E-state index in [-0.39, 0.29) is 24.5 Å². The number of nitrogens with zero attached hydrogens (tertiary/aromatic N) is 1. The molecule has 0 aliphatic carbocycles. The number of hydrogen-bond acceptors (Lipinski definition) is 5. The van der Waals surface area contributed by atoms with Crippen LogP contribution < -0.4 is 14.8 Å². The van der Waals surface area contributed by atoms with Gasteiger partial charge in [-0.15, -0.1) is 12.6 Å². The van der Waals surface area contributed by atoms with E-state index in [9.17, 15) is 9.59 Å². The summed E-state index contributed by atoms with van der Waals surface area (Å²) in [5.41, 5.74) is 0.613.